The lowest BCUT2D eigenvalue weighted by molar-refractivity contribution is 0.674. The summed E-state index contributed by atoms with van der Waals surface area (Å²) >= 11 is 0. The van der Waals surface area contributed by atoms with E-state index in [1.54, 1.807) is 0 Å². The number of nitrogens with two attached hydrogens (primary N) is 1. The van der Waals surface area contributed by atoms with E-state index in [1.807, 2.05) is 36.4 Å². The maximum atomic E-state index is 5.27. The Bertz CT molecular complexity index is 224. The second kappa shape index (κ2) is 11.0. The summed E-state index contributed by atoms with van der Waals surface area (Å²) in [6.45, 7) is 6.70. The first kappa shape index (κ1) is 13.9. The number of rotatable bonds is 5. The van der Waals surface area contributed by atoms with E-state index in [9.17, 15) is 0 Å². The van der Waals surface area contributed by atoms with Crippen molar-refractivity contribution in [3.05, 3.63) is 42.5 Å². The van der Waals surface area contributed by atoms with Crippen LogP contribution in [0.5, 0.6) is 0 Å². The Morgan fingerprint density at radius 3 is 2.20 bits per heavy atom. The van der Waals surface area contributed by atoms with Gasteiger partial charge in [0.05, 0.1) is 0 Å². The predicted molar refractivity (Wildman–Crippen MR) is 69.7 cm³/mol. The molecule has 2 N–H and O–H groups in total. The molecule has 0 fully saturated rings. The summed E-state index contributed by atoms with van der Waals surface area (Å²) in [4.78, 5) is 0. The Kier molecular flexibility index (Phi) is 10.2. The van der Waals surface area contributed by atoms with Gasteiger partial charge in [-0.1, -0.05) is 69.2 Å². The number of hydrogen-bond donors (Lipinski definition) is 1. The fourth-order valence-corrected chi connectivity index (χ4v) is 1.16. The van der Waals surface area contributed by atoms with Crippen LogP contribution >= 0.6 is 0 Å². The first-order valence-corrected chi connectivity index (χ1v) is 5.72. The fourth-order valence-electron chi connectivity index (χ4n) is 1.16. The van der Waals surface area contributed by atoms with Gasteiger partial charge >= 0.3 is 0 Å². The van der Waals surface area contributed by atoms with Crippen LogP contribution in [0.2, 0.25) is 0 Å². The first-order valence-electron chi connectivity index (χ1n) is 5.72. The maximum absolute atomic E-state index is 5.27. The minimum atomic E-state index is 0.861. The van der Waals surface area contributed by atoms with E-state index in [1.165, 1.54) is 31.2 Å². The zero-order valence-electron chi connectivity index (χ0n) is 9.78. The van der Waals surface area contributed by atoms with Gasteiger partial charge in [-0.05, 0) is 18.5 Å². The second-order valence-corrected chi connectivity index (χ2v) is 3.46. The third-order valence-electron chi connectivity index (χ3n) is 2.09. The lowest BCUT2D eigenvalue weighted by atomic mass is 10.2. The van der Waals surface area contributed by atoms with Gasteiger partial charge in [-0.15, -0.1) is 0 Å². The molecular formula is C14H23N. The molecule has 0 aliphatic rings. The predicted octanol–water partition coefficient (Wildman–Crippen LogP) is 3.86. The minimum absolute atomic E-state index is 0.861. The lowest BCUT2D eigenvalue weighted by Gasteiger charge is -1.90. The van der Waals surface area contributed by atoms with Crippen LogP contribution in [-0.2, 0) is 0 Å². The Balaban J connectivity index is 0.000000265. The van der Waals surface area contributed by atoms with Crippen molar-refractivity contribution in [3.63, 3.8) is 0 Å². The SMILES string of the molecule is C=Cc1ccccc1.CCCCCCN. The molecule has 0 aliphatic heterocycles. The number of benzene rings is 1. The molecule has 0 atom stereocenters. The summed E-state index contributed by atoms with van der Waals surface area (Å²) in [6.07, 6.45) is 7.00. The van der Waals surface area contributed by atoms with Crippen molar-refractivity contribution < 1.29 is 0 Å². The zero-order valence-corrected chi connectivity index (χ0v) is 9.78. The van der Waals surface area contributed by atoms with E-state index in [2.05, 4.69) is 13.5 Å². The molecule has 0 aliphatic carbocycles. The molecule has 1 aromatic rings. The number of hydrogen-bond acceptors (Lipinski definition) is 1. The largest absolute Gasteiger partial charge is 0.330 e. The van der Waals surface area contributed by atoms with Crippen LogP contribution in [0.4, 0.5) is 0 Å². The molecule has 0 radical (unpaired) electrons. The first-order chi connectivity index (χ1) is 7.35. The highest BCUT2D eigenvalue weighted by atomic mass is 14.5. The minimum Gasteiger partial charge on any atom is -0.330 e. The molecule has 15 heavy (non-hydrogen) atoms. The van der Waals surface area contributed by atoms with Gasteiger partial charge in [0.15, 0.2) is 0 Å². The van der Waals surface area contributed by atoms with E-state index in [0.29, 0.717) is 0 Å². The third-order valence-corrected chi connectivity index (χ3v) is 2.09. The van der Waals surface area contributed by atoms with E-state index < -0.39 is 0 Å². The highest BCUT2D eigenvalue weighted by molar-refractivity contribution is 5.45. The van der Waals surface area contributed by atoms with Crippen LogP contribution in [0, 0.1) is 0 Å². The van der Waals surface area contributed by atoms with Crippen molar-refractivity contribution in [2.75, 3.05) is 6.54 Å². The molecule has 1 rings (SSSR count). The summed E-state index contributed by atoms with van der Waals surface area (Å²) in [5, 5.41) is 0. The van der Waals surface area contributed by atoms with Crippen molar-refractivity contribution in [1.29, 1.82) is 0 Å². The fraction of sp³-hybridized carbons (Fsp3) is 0.429. The molecule has 0 saturated heterocycles. The molecule has 0 heterocycles. The summed E-state index contributed by atoms with van der Waals surface area (Å²) < 4.78 is 0. The highest BCUT2D eigenvalue weighted by Crippen LogP contribution is 1.97. The van der Waals surface area contributed by atoms with Gasteiger partial charge in [0.2, 0.25) is 0 Å². The van der Waals surface area contributed by atoms with Crippen LogP contribution in [0.25, 0.3) is 6.08 Å². The van der Waals surface area contributed by atoms with Crippen molar-refractivity contribution in [1.82, 2.24) is 0 Å². The van der Waals surface area contributed by atoms with Gasteiger partial charge < -0.3 is 5.73 Å². The molecule has 1 nitrogen and oxygen atoms in total. The third kappa shape index (κ3) is 9.23. The quantitative estimate of drug-likeness (QED) is 0.726. The van der Waals surface area contributed by atoms with Crippen molar-refractivity contribution in [2.24, 2.45) is 5.73 Å². The summed E-state index contributed by atoms with van der Waals surface area (Å²) in [7, 11) is 0. The molecular weight excluding hydrogens is 182 g/mol. The molecule has 0 unspecified atom stereocenters. The van der Waals surface area contributed by atoms with Crippen LogP contribution in [0.3, 0.4) is 0 Å². The van der Waals surface area contributed by atoms with Gasteiger partial charge in [0.25, 0.3) is 0 Å². The van der Waals surface area contributed by atoms with Gasteiger partial charge in [-0.3, -0.25) is 0 Å². The Labute approximate surface area is 94.0 Å². The second-order valence-electron chi connectivity index (χ2n) is 3.46. The van der Waals surface area contributed by atoms with Crippen LogP contribution in [0.15, 0.2) is 36.9 Å². The van der Waals surface area contributed by atoms with Crippen molar-refractivity contribution >= 4 is 6.08 Å². The molecule has 0 bridgehead atoms. The van der Waals surface area contributed by atoms with Gasteiger partial charge in [0, 0.05) is 0 Å². The smallest absolute Gasteiger partial charge is 0.00773 e. The molecule has 1 aromatic carbocycles. The molecule has 1 heteroatoms. The van der Waals surface area contributed by atoms with Crippen molar-refractivity contribution in [2.45, 2.75) is 32.6 Å². The van der Waals surface area contributed by atoms with Crippen molar-refractivity contribution in [3.8, 4) is 0 Å². The molecule has 0 spiro atoms. The van der Waals surface area contributed by atoms with Gasteiger partial charge in [-0.2, -0.15) is 0 Å². The molecule has 0 amide bonds. The Morgan fingerprint density at radius 2 is 1.80 bits per heavy atom. The normalized spacial score (nSPS) is 8.93. The summed E-state index contributed by atoms with van der Waals surface area (Å²) in [5.74, 6) is 0. The van der Waals surface area contributed by atoms with E-state index in [4.69, 9.17) is 5.73 Å². The number of unbranched alkanes of at least 4 members (excludes halogenated alkanes) is 3. The van der Waals surface area contributed by atoms with E-state index in [-0.39, 0.29) is 0 Å². The van der Waals surface area contributed by atoms with Gasteiger partial charge in [0.1, 0.15) is 0 Å². The average molecular weight is 205 g/mol. The van der Waals surface area contributed by atoms with E-state index >= 15 is 0 Å². The maximum Gasteiger partial charge on any atom is -0.00773 e. The van der Waals surface area contributed by atoms with E-state index in [0.717, 1.165) is 6.54 Å². The average Bonchev–Trinajstić information content (AvgIpc) is 2.32. The highest BCUT2D eigenvalue weighted by Gasteiger charge is 1.80. The molecule has 0 aromatic heterocycles. The summed E-state index contributed by atoms with van der Waals surface area (Å²) in [5.41, 5.74) is 6.44. The molecule has 0 saturated carbocycles. The Morgan fingerprint density at radius 1 is 1.13 bits per heavy atom. The lowest BCUT2D eigenvalue weighted by Crippen LogP contribution is -1.97. The Hall–Kier alpha value is -1.08. The summed E-state index contributed by atoms with van der Waals surface area (Å²) in [6, 6.07) is 10.0. The zero-order chi connectivity index (χ0) is 11.4. The molecule has 84 valence electrons. The van der Waals surface area contributed by atoms with Gasteiger partial charge in [-0.25, -0.2) is 0 Å². The standard InChI is InChI=1S/C8H8.C6H15N/c1-2-8-6-4-3-5-7-8;1-2-3-4-5-6-7/h2-7H,1H2;2-7H2,1H3. The van der Waals surface area contributed by atoms with Crippen LogP contribution in [0.1, 0.15) is 38.2 Å². The van der Waals surface area contributed by atoms with Crippen LogP contribution < -0.4 is 5.73 Å². The monoisotopic (exact) mass is 205 g/mol. The van der Waals surface area contributed by atoms with Crippen LogP contribution in [-0.4, -0.2) is 6.54 Å². The topological polar surface area (TPSA) is 26.0 Å².